The number of rotatable bonds is 10. The summed E-state index contributed by atoms with van der Waals surface area (Å²) in [5.41, 5.74) is 1.30. The summed E-state index contributed by atoms with van der Waals surface area (Å²) in [5.74, 6) is 0.935. The maximum Gasteiger partial charge on any atom is 0.410 e. The first-order valence-corrected chi connectivity index (χ1v) is 24.3. The summed E-state index contributed by atoms with van der Waals surface area (Å²) >= 11 is 6.24. The largest absolute Gasteiger partial charge is 0.462 e. The number of nitrogens with zero attached hydrogens (tertiary/aromatic N) is 1. The number of benzene rings is 1. The minimum absolute atomic E-state index is 0.0113. The molecule has 5 aliphatic rings. The van der Waals surface area contributed by atoms with Gasteiger partial charge < -0.3 is 24.2 Å². The smallest absolute Gasteiger partial charge is 0.410 e. The summed E-state index contributed by atoms with van der Waals surface area (Å²) < 4.78 is 18.0. The van der Waals surface area contributed by atoms with Gasteiger partial charge in [-0.25, -0.2) is 4.79 Å². The molecule has 8 nitrogen and oxygen atoms in total. The number of esters is 2. The molecule has 0 bridgehead atoms. The number of aliphatic hydroxyl groups is 1. The van der Waals surface area contributed by atoms with Crippen molar-refractivity contribution in [1.82, 2.24) is 4.90 Å². The molecule has 1 amide bonds. The van der Waals surface area contributed by atoms with Gasteiger partial charge >= 0.3 is 18.0 Å². The molecule has 4 saturated carbocycles. The van der Waals surface area contributed by atoms with Crippen molar-refractivity contribution in [3.63, 3.8) is 0 Å². The number of carbonyl (C=O) groups is 3. The number of halogens is 1. The Hall–Kier alpha value is -2.58. The maximum absolute atomic E-state index is 13.9. The molecule has 1 aromatic carbocycles. The fraction of sp³-hybridized carbons (Fsp3) is 0.792. The van der Waals surface area contributed by atoms with Crippen LogP contribution in [0, 0.1) is 56.2 Å². The molecule has 0 spiro atoms. The van der Waals surface area contributed by atoms with Gasteiger partial charge in [-0.2, -0.15) is 0 Å². The van der Waals surface area contributed by atoms with Gasteiger partial charge in [-0.15, -0.1) is 0 Å². The maximum atomic E-state index is 13.9. The second-order valence-corrected chi connectivity index (χ2v) is 25.2. The summed E-state index contributed by atoms with van der Waals surface area (Å²) in [6, 6.07) is 7.58. The number of carbonyl (C=O) groups excluding carboxylic acids is 3. The Morgan fingerprint density at radius 3 is 2.02 bits per heavy atom. The van der Waals surface area contributed by atoms with Crippen LogP contribution in [0.5, 0.6) is 0 Å². The van der Waals surface area contributed by atoms with E-state index in [4.69, 9.17) is 25.8 Å². The van der Waals surface area contributed by atoms with E-state index in [1.165, 1.54) is 11.1 Å². The number of allylic oxidation sites excluding steroid dienone is 1. The Labute approximate surface area is 380 Å². The fourth-order valence-corrected chi connectivity index (χ4v) is 14.3. The van der Waals surface area contributed by atoms with Gasteiger partial charge in [-0.1, -0.05) is 83.3 Å². The van der Waals surface area contributed by atoms with E-state index in [9.17, 15) is 19.5 Å². The summed E-state index contributed by atoms with van der Waals surface area (Å²) in [6.07, 6.45) is 8.73. The monoisotopic (exact) mass is 880 g/mol. The number of amides is 1. The number of aliphatic hydroxyl groups excluding tert-OH is 1. The zero-order valence-corrected chi connectivity index (χ0v) is 41.9. The molecule has 348 valence electrons. The molecular weight excluding hydrogens is 798 g/mol. The summed E-state index contributed by atoms with van der Waals surface area (Å²) in [4.78, 5) is 42.2. The molecule has 1 N–H and O–H groups in total. The van der Waals surface area contributed by atoms with E-state index in [-0.39, 0.29) is 52.7 Å². The average molecular weight is 881 g/mol. The lowest BCUT2D eigenvalue weighted by molar-refractivity contribution is -0.235. The topological polar surface area (TPSA) is 102 Å². The van der Waals surface area contributed by atoms with Crippen LogP contribution in [-0.2, 0) is 30.3 Å². The lowest BCUT2D eigenvalue weighted by atomic mass is 9.33. The van der Waals surface area contributed by atoms with Crippen molar-refractivity contribution in [2.45, 2.75) is 204 Å². The van der Waals surface area contributed by atoms with Gasteiger partial charge in [0.2, 0.25) is 0 Å². The third-order valence-electron chi connectivity index (χ3n) is 17.4. The molecule has 5 aliphatic carbocycles. The van der Waals surface area contributed by atoms with Crippen molar-refractivity contribution in [2.24, 2.45) is 56.2 Å². The van der Waals surface area contributed by atoms with Crippen molar-refractivity contribution in [3.8, 4) is 0 Å². The SMILES string of the molecule is CC(C)C1=C2[C@H]3CC[C@@H]4[C@@]5(C)CC[C@H](OC(=O)CC(C)(C)C(=O)OC(C)(C)C)C(C)(C)[C@@H]5CC[C@@]4(C)[C@]3(C)CC[C@@]2([C@@H](O)CN(Cc2ccc(Cl)cc2)C(=O)OC(C)(C)C)CC1. The van der Waals surface area contributed by atoms with Crippen LogP contribution in [0.2, 0.25) is 5.02 Å². The van der Waals surface area contributed by atoms with Gasteiger partial charge in [0, 0.05) is 22.4 Å². The van der Waals surface area contributed by atoms with Crippen molar-refractivity contribution in [2.75, 3.05) is 6.54 Å². The average Bonchev–Trinajstić information content (AvgIpc) is 3.53. The minimum Gasteiger partial charge on any atom is -0.462 e. The van der Waals surface area contributed by atoms with Crippen LogP contribution in [0.4, 0.5) is 4.79 Å². The Kier molecular flexibility index (Phi) is 13.2. The van der Waals surface area contributed by atoms with Crippen LogP contribution >= 0.6 is 11.6 Å². The lowest BCUT2D eigenvalue weighted by Gasteiger charge is -2.72. The van der Waals surface area contributed by atoms with Crippen LogP contribution in [-0.4, -0.2) is 58.0 Å². The van der Waals surface area contributed by atoms with E-state index in [1.807, 2.05) is 65.8 Å². The van der Waals surface area contributed by atoms with Crippen molar-refractivity contribution in [1.29, 1.82) is 0 Å². The standard InChI is InChI=1S/C53H82ClNO7/c1-33(2)36-22-27-53(40(56)32-55(45(59)62-47(6,7)8)31-34-16-18-35(54)19-17-34)29-28-51(14)37(43(36)53)20-21-39-50(13)25-24-41(49(11,12)38(50)23-26-52(39,51)15)60-42(57)30-48(9,10)44(58)61-46(3,4)5/h16-19,33,37-41,56H,20-32H2,1-15H3/t37-,38+,39-,40+,41+,50+,51-,52-,53-/m1/s1. The summed E-state index contributed by atoms with van der Waals surface area (Å²) in [7, 11) is 0. The van der Waals surface area contributed by atoms with Crippen molar-refractivity contribution in [3.05, 3.63) is 46.0 Å². The molecule has 4 fully saturated rings. The zero-order chi connectivity index (χ0) is 46.2. The van der Waals surface area contributed by atoms with E-state index < -0.39 is 34.2 Å². The predicted molar refractivity (Wildman–Crippen MR) is 247 cm³/mol. The molecule has 9 atom stereocenters. The molecular formula is C53H82ClNO7. The second-order valence-electron chi connectivity index (χ2n) is 24.8. The van der Waals surface area contributed by atoms with Crippen molar-refractivity contribution >= 4 is 29.6 Å². The normalized spacial score (nSPS) is 33.7. The molecule has 6 rings (SSSR count). The van der Waals surface area contributed by atoms with Crippen LogP contribution in [0.3, 0.4) is 0 Å². The number of hydrogen-bond donors (Lipinski definition) is 1. The molecule has 0 radical (unpaired) electrons. The van der Waals surface area contributed by atoms with Gasteiger partial charge in [-0.3, -0.25) is 9.59 Å². The Balaban J connectivity index is 1.25. The van der Waals surface area contributed by atoms with Crippen molar-refractivity contribution < 1.29 is 33.7 Å². The third-order valence-corrected chi connectivity index (χ3v) is 17.7. The fourth-order valence-electron chi connectivity index (χ4n) is 14.2. The van der Waals surface area contributed by atoms with E-state index in [0.29, 0.717) is 35.2 Å². The molecule has 1 aromatic rings. The van der Waals surface area contributed by atoms with E-state index in [0.717, 1.165) is 69.8 Å². The first kappa shape index (κ1) is 48.9. The highest BCUT2D eigenvalue weighted by Gasteiger charge is 2.70. The molecule has 0 aromatic heterocycles. The Morgan fingerprint density at radius 1 is 0.790 bits per heavy atom. The Morgan fingerprint density at radius 2 is 1.42 bits per heavy atom. The van der Waals surface area contributed by atoms with Crippen LogP contribution in [0.1, 0.15) is 180 Å². The van der Waals surface area contributed by atoms with Gasteiger partial charge in [0.15, 0.2) is 0 Å². The molecule has 0 saturated heterocycles. The highest BCUT2D eigenvalue weighted by Crippen LogP contribution is 2.77. The number of ether oxygens (including phenoxy) is 3. The number of hydrogen-bond acceptors (Lipinski definition) is 7. The summed E-state index contributed by atoms with van der Waals surface area (Å²) in [6.45, 7) is 32.4. The van der Waals surface area contributed by atoms with Gasteiger partial charge in [0.1, 0.15) is 17.3 Å². The molecule has 62 heavy (non-hydrogen) atoms. The van der Waals surface area contributed by atoms with Gasteiger partial charge in [0.25, 0.3) is 0 Å². The lowest BCUT2D eigenvalue weighted by Crippen LogP contribution is -2.66. The zero-order valence-electron chi connectivity index (χ0n) is 41.2. The first-order valence-electron chi connectivity index (χ1n) is 24.0. The second kappa shape index (κ2) is 16.7. The van der Waals surface area contributed by atoms with E-state index in [1.54, 1.807) is 18.7 Å². The number of fused-ring (bicyclic) bond motifs is 7. The molecule has 0 heterocycles. The van der Waals surface area contributed by atoms with Crippen LogP contribution < -0.4 is 0 Å². The third kappa shape index (κ3) is 8.89. The van der Waals surface area contributed by atoms with E-state index >= 15 is 0 Å². The van der Waals surface area contributed by atoms with Crippen LogP contribution in [0.15, 0.2) is 35.4 Å². The highest BCUT2D eigenvalue weighted by atomic mass is 35.5. The van der Waals surface area contributed by atoms with E-state index in [2.05, 4.69) is 48.5 Å². The predicted octanol–water partition coefficient (Wildman–Crippen LogP) is 12.9. The Bertz CT molecular complexity index is 1890. The quantitative estimate of drug-likeness (QED) is 0.142. The minimum atomic E-state index is -0.981. The molecule has 9 heteroatoms. The van der Waals surface area contributed by atoms with Gasteiger partial charge in [0.05, 0.1) is 24.5 Å². The first-order chi connectivity index (χ1) is 28.4. The van der Waals surface area contributed by atoms with Crippen LogP contribution in [0.25, 0.3) is 0 Å². The highest BCUT2D eigenvalue weighted by molar-refractivity contribution is 6.30. The summed E-state index contributed by atoms with van der Waals surface area (Å²) in [5, 5.41) is 13.4. The molecule has 0 aliphatic heterocycles. The molecule has 0 unspecified atom stereocenters. The van der Waals surface area contributed by atoms with Gasteiger partial charge in [-0.05, 0) is 177 Å².